The van der Waals surface area contributed by atoms with Crippen LogP contribution in [0.15, 0.2) is 53.4 Å². The van der Waals surface area contributed by atoms with Crippen molar-refractivity contribution in [3.63, 3.8) is 0 Å². The predicted octanol–water partition coefficient (Wildman–Crippen LogP) is 1.16. The lowest BCUT2D eigenvalue weighted by Crippen LogP contribution is -2.42. The monoisotopic (exact) mass is 580 g/mol. The maximum atomic E-state index is 12.8. The Morgan fingerprint density at radius 3 is 2.39 bits per heavy atom. The first-order valence-electron chi connectivity index (χ1n) is 11.8. The Balaban J connectivity index is 1.84. The van der Waals surface area contributed by atoms with Crippen LogP contribution in [0.25, 0.3) is 33.5 Å². The topological polar surface area (TPSA) is 272 Å². The third kappa shape index (κ3) is 6.38. The van der Waals surface area contributed by atoms with Gasteiger partial charge in [-0.05, 0) is 48.0 Å². The first-order valence-corrected chi connectivity index (χ1v) is 13.0. The van der Waals surface area contributed by atoms with Crippen molar-refractivity contribution in [3.05, 3.63) is 59.7 Å². The molecule has 1 heterocycles. The molecule has 1 aromatic heterocycles. The van der Waals surface area contributed by atoms with Crippen molar-refractivity contribution in [1.29, 1.82) is 5.41 Å². The van der Waals surface area contributed by atoms with Crippen LogP contribution in [0.5, 0.6) is 11.5 Å². The second kappa shape index (κ2) is 11.5. The molecule has 41 heavy (non-hydrogen) atoms. The molecule has 14 nitrogen and oxygen atoms in total. The second-order valence-electron chi connectivity index (χ2n) is 8.98. The predicted molar refractivity (Wildman–Crippen MR) is 147 cm³/mol. The molecule has 0 aliphatic heterocycles. The summed E-state index contributed by atoms with van der Waals surface area (Å²) >= 11 is -1.92. The number of aromatic nitrogens is 2. The average molecular weight is 581 g/mol. The zero-order valence-corrected chi connectivity index (χ0v) is 21.9. The summed E-state index contributed by atoms with van der Waals surface area (Å²) in [4.78, 5) is 42.8. The number of phenols is 2. The van der Waals surface area contributed by atoms with Gasteiger partial charge in [-0.25, -0.2) is 9.78 Å². The molecule has 2 atom stereocenters. The van der Waals surface area contributed by atoms with Crippen molar-refractivity contribution in [1.82, 2.24) is 15.3 Å². The van der Waals surface area contributed by atoms with E-state index in [4.69, 9.17) is 21.4 Å². The molecule has 0 saturated carbocycles. The zero-order valence-electron chi connectivity index (χ0n) is 21.0. The molecule has 0 aliphatic carbocycles. The van der Waals surface area contributed by atoms with Gasteiger partial charge in [0.15, 0.2) is 4.90 Å². The number of carbonyl (C=O) groups excluding carboxylic acids is 1. The van der Waals surface area contributed by atoms with Crippen LogP contribution in [0, 0.1) is 5.41 Å². The lowest BCUT2D eigenvalue weighted by Gasteiger charge is -2.16. The number of carbonyl (C=O) groups is 3. The molecule has 15 heteroatoms. The summed E-state index contributed by atoms with van der Waals surface area (Å²) in [6.07, 6.45) is -1.28. The van der Waals surface area contributed by atoms with Gasteiger partial charge in [0.25, 0.3) is 0 Å². The average Bonchev–Trinajstić information content (AvgIpc) is 3.32. The summed E-state index contributed by atoms with van der Waals surface area (Å²) in [6.45, 7) is 0. The summed E-state index contributed by atoms with van der Waals surface area (Å²) in [6, 6.07) is 9.78. The van der Waals surface area contributed by atoms with Crippen LogP contribution in [-0.4, -0.2) is 64.7 Å². The Bertz CT molecular complexity index is 1700. The summed E-state index contributed by atoms with van der Waals surface area (Å²) < 4.78 is 11.9. The van der Waals surface area contributed by atoms with Crippen molar-refractivity contribution in [2.75, 3.05) is 0 Å². The number of fused-ring (bicyclic) bond motifs is 1. The van der Waals surface area contributed by atoms with Crippen molar-refractivity contribution in [2.24, 2.45) is 10.9 Å². The highest BCUT2D eigenvalue weighted by atomic mass is 32.2. The van der Waals surface area contributed by atoms with E-state index in [0.717, 1.165) is 0 Å². The van der Waals surface area contributed by atoms with E-state index in [9.17, 15) is 34.3 Å². The Hall–Kier alpha value is -5.12. The smallest absolute Gasteiger partial charge is 0.326 e. The highest BCUT2D eigenvalue weighted by Gasteiger charge is 2.25. The molecule has 0 fully saturated rings. The van der Waals surface area contributed by atoms with Gasteiger partial charge in [0.2, 0.25) is 5.91 Å². The third-order valence-corrected chi connectivity index (χ3v) is 6.80. The molecular formula is C26H24N6O8S. The van der Waals surface area contributed by atoms with Gasteiger partial charge in [-0.1, -0.05) is 0 Å². The number of nitrogens with one attached hydrogen (secondary N) is 3. The van der Waals surface area contributed by atoms with E-state index in [1.165, 1.54) is 30.3 Å². The number of aromatic hydroxyl groups is 2. The van der Waals surface area contributed by atoms with Crippen molar-refractivity contribution >= 4 is 46.1 Å². The number of H-pyrrole nitrogens is 1. The third-order valence-electron chi connectivity index (χ3n) is 6.09. The molecule has 0 saturated heterocycles. The van der Waals surface area contributed by atoms with Gasteiger partial charge in [-0.15, -0.1) is 5.14 Å². The minimum Gasteiger partial charge on any atom is -0.593 e. The number of imidazole rings is 1. The lowest BCUT2D eigenvalue weighted by molar-refractivity contribution is -0.147. The molecule has 4 rings (SSSR count). The summed E-state index contributed by atoms with van der Waals surface area (Å²) in [5.74, 6) is -4.47. The number of amidine groups is 1. The summed E-state index contributed by atoms with van der Waals surface area (Å²) in [5.41, 5.74) is 7.30. The fourth-order valence-corrected chi connectivity index (χ4v) is 4.58. The minimum atomic E-state index is -1.92. The van der Waals surface area contributed by atoms with Crippen LogP contribution in [0.4, 0.5) is 0 Å². The highest BCUT2D eigenvalue weighted by molar-refractivity contribution is 7.89. The maximum absolute atomic E-state index is 12.8. The number of phenolic OH excluding ortho intramolecular Hbond substituents is 2. The number of amides is 1. The first kappa shape index (κ1) is 28.9. The van der Waals surface area contributed by atoms with E-state index in [1.54, 1.807) is 18.2 Å². The van der Waals surface area contributed by atoms with Crippen molar-refractivity contribution < 1.29 is 39.4 Å². The molecular weight excluding hydrogens is 556 g/mol. The van der Waals surface area contributed by atoms with Crippen molar-refractivity contribution in [2.45, 2.75) is 23.8 Å². The minimum absolute atomic E-state index is 0.0142. The molecule has 0 aliphatic rings. The number of nitrogens with zero attached hydrogens (tertiary/aromatic N) is 1. The number of rotatable bonds is 10. The van der Waals surface area contributed by atoms with Crippen LogP contribution in [0.1, 0.15) is 17.5 Å². The molecule has 0 spiro atoms. The largest absolute Gasteiger partial charge is 0.593 e. The number of carboxylic acid groups (broad SMARTS) is 2. The fraction of sp³-hybridized carbons (Fsp3) is 0.115. The number of carboxylic acids is 2. The summed E-state index contributed by atoms with van der Waals surface area (Å²) in [5, 5.41) is 55.4. The molecule has 3 aromatic carbocycles. The van der Waals surface area contributed by atoms with E-state index in [1.807, 2.05) is 0 Å². The Kier molecular flexibility index (Phi) is 8.13. The van der Waals surface area contributed by atoms with Gasteiger partial charge in [-0.3, -0.25) is 15.0 Å². The molecule has 1 unspecified atom stereocenters. The van der Waals surface area contributed by atoms with Crippen LogP contribution in [-0.2, 0) is 32.2 Å². The Labute approximate surface area is 234 Å². The van der Waals surface area contributed by atoms with Crippen LogP contribution < -0.4 is 16.2 Å². The summed E-state index contributed by atoms with van der Waals surface area (Å²) in [7, 11) is 0. The van der Waals surface area contributed by atoms with Crippen LogP contribution in [0.2, 0.25) is 0 Å². The van der Waals surface area contributed by atoms with E-state index >= 15 is 0 Å². The molecule has 212 valence electrons. The fourth-order valence-electron chi connectivity index (χ4n) is 4.14. The van der Waals surface area contributed by atoms with Gasteiger partial charge in [-0.2, -0.15) is 0 Å². The zero-order chi connectivity index (χ0) is 30.0. The number of hydrogen-bond acceptors (Lipinski definition) is 9. The number of aromatic amines is 1. The van der Waals surface area contributed by atoms with E-state index in [0.29, 0.717) is 16.6 Å². The second-order valence-corrected chi connectivity index (χ2v) is 10.0. The van der Waals surface area contributed by atoms with E-state index < -0.39 is 48.1 Å². The number of nitrogens with two attached hydrogens (primary N) is 2. The number of aliphatic carboxylic acids is 2. The van der Waals surface area contributed by atoms with Gasteiger partial charge in [0.1, 0.15) is 29.2 Å². The van der Waals surface area contributed by atoms with Crippen LogP contribution >= 0.6 is 0 Å². The lowest BCUT2D eigenvalue weighted by atomic mass is 9.95. The SMILES string of the molecule is N=C(N)c1ccc2[nH]c(-c3cc(CC(=O)N[C@@H](CC(=O)O)C(=O)O)cc(-c4cc([S+](N)[O-])ccc4O)c3O)nc2c1. The van der Waals surface area contributed by atoms with E-state index in [-0.39, 0.29) is 50.3 Å². The molecule has 11 N–H and O–H groups in total. The molecule has 0 radical (unpaired) electrons. The maximum Gasteiger partial charge on any atom is 0.326 e. The molecule has 0 bridgehead atoms. The van der Waals surface area contributed by atoms with Crippen LogP contribution in [0.3, 0.4) is 0 Å². The van der Waals surface area contributed by atoms with Gasteiger partial charge in [0.05, 0.1) is 40.8 Å². The van der Waals surface area contributed by atoms with Crippen molar-refractivity contribution in [3.8, 4) is 34.0 Å². The first-order chi connectivity index (χ1) is 19.3. The Morgan fingerprint density at radius 1 is 1.05 bits per heavy atom. The molecule has 1 amide bonds. The van der Waals surface area contributed by atoms with Gasteiger partial charge < -0.3 is 41.0 Å². The highest BCUT2D eigenvalue weighted by Crippen LogP contribution is 2.42. The quantitative estimate of drug-likeness (QED) is 0.0729. The van der Waals surface area contributed by atoms with Gasteiger partial charge >= 0.3 is 11.9 Å². The normalized spacial score (nSPS) is 12.5. The number of benzene rings is 3. The number of nitrogen functional groups attached to an aromatic ring is 1. The number of hydrogen-bond donors (Lipinski definition) is 9. The standard InChI is InChI=1S/C26H24N6O8S/c27-24(28)12-1-3-17-18(8-12)32-25(31-17)16-6-11(7-21(34)30-19(26(38)39)10-22(35)36)5-15(23(16)37)14-9-13(41(29)40)2-4-20(14)33/h1-6,8-9,19,33,37H,7,10,29H2,(H3,27,28)(H,30,34)(H,31,32)(H,35,36)(H,38,39)/t19-,41?/m0/s1. The van der Waals surface area contributed by atoms with Gasteiger partial charge in [0, 0.05) is 22.8 Å². The Morgan fingerprint density at radius 2 is 1.76 bits per heavy atom. The van der Waals surface area contributed by atoms with E-state index in [2.05, 4.69) is 15.3 Å². The molecule has 4 aromatic rings.